The highest BCUT2D eigenvalue weighted by Gasteiger charge is 2.11. The van der Waals surface area contributed by atoms with Crippen molar-refractivity contribution in [3.8, 4) is 0 Å². The monoisotopic (exact) mass is 392 g/mol. The van der Waals surface area contributed by atoms with Crippen molar-refractivity contribution in [1.82, 2.24) is 5.43 Å². The molecule has 0 saturated heterocycles. The third kappa shape index (κ3) is 3.58. The van der Waals surface area contributed by atoms with Gasteiger partial charge in [-0.2, -0.15) is 0 Å². The molecule has 0 spiro atoms. The second kappa shape index (κ2) is 6.68. The van der Waals surface area contributed by atoms with Gasteiger partial charge in [0.1, 0.15) is 0 Å². The Morgan fingerprint density at radius 3 is 2.25 bits per heavy atom. The van der Waals surface area contributed by atoms with E-state index in [4.69, 9.17) is 34.8 Å². The zero-order chi connectivity index (χ0) is 14.7. The lowest BCUT2D eigenvalue weighted by atomic mass is 10.2. The van der Waals surface area contributed by atoms with Gasteiger partial charge >= 0.3 is 0 Å². The number of benzene rings is 2. The van der Waals surface area contributed by atoms with Gasteiger partial charge in [0.2, 0.25) is 0 Å². The molecule has 0 saturated carbocycles. The van der Waals surface area contributed by atoms with Crippen LogP contribution < -0.4 is 10.9 Å². The molecule has 104 valence electrons. The molecule has 0 aromatic heterocycles. The van der Waals surface area contributed by atoms with Crippen LogP contribution in [0.3, 0.4) is 0 Å². The summed E-state index contributed by atoms with van der Waals surface area (Å²) in [7, 11) is 0. The molecule has 0 aliphatic rings. The molecule has 2 N–H and O–H groups in total. The quantitative estimate of drug-likeness (QED) is 0.706. The first-order valence-corrected chi connectivity index (χ1v) is 7.37. The molecule has 2 aromatic carbocycles. The average Bonchev–Trinajstić information content (AvgIpc) is 2.37. The first-order chi connectivity index (χ1) is 9.49. The molecule has 2 aromatic rings. The molecular formula is C13H8BrCl3N2O. The van der Waals surface area contributed by atoms with Crippen LogP contribution in [-0.2, 0) is 0 Å². The number of carbonyl (C=O) groups is 1. The van der Waals surface area contributed by atoms with Gasteiger partial charge in [0.25, 0.3) is 5.91 Å². The molecule has 3 nitrogen and oxygen atoms in total. The predicted octanol–water partition coefficient (Wildman–Crippen LogP) is 5.17. The van der Waals surface area contributed by atoms with E-state index in [1.54, 1.807) is 18.2 Å². The van der Waals surface area contributed by atoms with Crippen LogP contribution >= 0.6 is 50.7 Å². The van der Waals surface area contributed by atoms with Gasteiger partial charge in [-0.25, -0.2) is 0 Å². The fourth-order valence-electron chi connectivity index (χ4n) is 1.49. The Balaban J connectivity index is 2.14. The Bertz CT molecular complexity index is 641. The van der Waals surface area contributed by atoms with Crippen molar-refractivity contribution in [2.75, 3.05) is 5.43 Å². The minimum atomic E-state index is -0.320. The average molecular weight is 394 g/mol. The highest BCUT2D eigenvalue weighted by molar-refractivity contribution is 9.10. The van der Waals surface area contributed by atoms with Gasteiger partial charge in [-0.1, -0.05) is 46.9 Å². The SMILES string of the molecule is O=C(NNc1c(Cl)cc(Cl)cc1Cl)c1ccccc1Br. The van der Waals surface area contributed by atoms with E-state index >= 15 is 0 Å². The number of hydrogen-bond donors (Lipinski definition) is 2. The Morgan fingerprint density at radius 1 is 1.05 bits per heavy atom. The summed E-state index contributed by atoms with van der Waals surface area (Å²) < 4.78 is 0.688. The first-order valence-electron chi connectivity index (χ1n) is 5.44. The van der Waals surface area contributed by atoms with Crippen molar-refractivity contribution in [2.24, 2.45) is 0 Å². The molecule has 1 amide bonds. The van der Waals surface area contributed by atoms with Crippen molar-refractivity contribution >= 4 is 62.3 Å². The zero-order valence-electron chi connectivity index (χ0n) is 9.88. The van der Waals surface area contributed by atoms with E-state index in [-0.39, 0.29) is 5.91 Å². The van der Waals surface area contributed by atoms with Crippen LogP contribution in [-0.4, -0.2) is 5.91 Å². The molecule has 0 unspecified atom stereocenters. The van der Waals surface area contributed by atoms with E-state index in [0.717, 1.165) is 0 Å². The van der Waals surface area contributed by atoms with Gasteiger partial charge in [-0.15, -0.1) is 0 Å². The summed E-state index contributed by atoms with van der Waals surface area (Å²) in [6.07, 6.45) is 0. The minimum Gasteiger partial charge on any atom is -0.295 e. The van der Waals surface area contributed by atoms with E-state index in [0.29, 0.717) is 30.8 Å². The molecule has 20 heavy (non-hydrogen) atoms. The number of anilines is 1. The lowest BCUT2D eigenvalue weighted by Gasteiger charge is -2.12. The van der Waals surface area contributed by atoms with Gasteiger partial charge in [0.05, 0.1) is 21.3 Å². The van der Waals surface area contributed by atoms with Crippen LogP contribution in [0.2, 0.25) is 15.1 Å². The number of rotatable bonds is 3. The third-order valence-corrected chi connectivity index (χ3v) is 3.93. The fraction of sp³-hybridized carbons (Fsp3) is 0. The number of halogens is 4. The maximum Gasteiger partial charge on any atom is 0.270 e. The minimum absolute atomic E-state index is 0.315. The molecule has 0 heterocycles. The lowest BCUT2D eigenvalue weighted by molar-refractivity contribution is 0.0962. The van der Waals surface area contributed by atoms with Crippen molar-refractivity contribution < 1.29 is 4.79 Å². The Morgan fingerprint density at radius 2 is 1.65 bits per heavy atom. The Hall–Kier alpha value is -0.940. The van der Waals surface area contributed by atoms with Crippen molar-refractivity contribution in [3.05, 3.63) is 61.5 Å². The molecule has 0 bridgehead atoms. The van der Waals surface area contributed by atoms with Crippen LogP contribution in [0.4, 0.5) is 5.69 Å². The van der Waals surface area contributed by atoms with Gasteiger partial charge in [0.15, 0.2) is 0 Å². The molecule has 2 rings (SSSR count). The van der Waals surface area contributed by atoms with Crippen LogP contribution in [0.1, 0.15) is 10.4 Å². The number of hydrazine groups is 1. The summed E-state index contributed by atoms with van der Waals surface area (Å²) in [5, 5.41) is 1.05. The van der Waals surface area contributed by atoms with Crippen LogP contribution in [0.25, 0.3) is 0 Å². The molecule has 7 heteroatoms. The number of nitrogens with one attached hydrogen (secondary N) is 2. The maximum absolute atomic E-state index is 12.0. The summed E-state index contributed by atoms with van der Waals surface area (Å²) >= 11 is 21.1. The van der Waals surface area contributed by atoms with Gasteiger partial charge < -0.3 is 0 Å². The van der Waals surface area contributed by atoms with Crippen molar-refractivity contribution in [1.29, 1.82) is 0 Å². The highest BCUT2D eigenvalue weighted by atomic mass is 79.9. The number of carbonyl (C=O) groups excluding carboxylic acids is 1. The van der Waals surface area contributed by atoms with Gasteiger partial charge in [-0.3, -0.25) is 15.6 Å². The second-order valence-corrected chi connectivity index (χ2v) is 5.91. The molecule has 0 aliphatic heterocycles. The molecular weight excluding hydrogens is 386 g/mol. The second-order valence-electron chi connectivity index (χ2n) is 3.80. The van der Waals surface area contributed by atoms with Crippen molar-refractivity contribution in [2.45, 2.75) is 0 Å². The number of hydrogen-bond acceptors (Lipinski definition) is 2. The van der Waals surface area contributed by atoms with E-state index in [1.807, 2.05) is 6.07 Å². The predicted molar refractivity (Wildman–Crippen MR) is 86.7 cm³/mol. The van der Waals surface area contributed by atoms with Crippen LogP contribution in [0.15, 0.2) is 40.9 Å². The Kier molecular flexibility index (Phi) is 5.16. The molecule has 0 fully saturated rings. The van der Waals surface area contributed by atoms with E-state index in [9.17, 15) is 4.79 Å². The Labute approximate surface area is 139 Å². The molecule has 0 radical (unpaired) electrons. The number of amides is 1. The van der Waals surface area contributed by atoms with Crippen LogP contribution in [0, 0.1) is 0 Å². The maximum atomic E-state index is 12.0. The van der Waals surface area contributed by atoms with Gasteiger partial charge in [-0.05, 0) is 40.2 Å². The van der Waals surface area contributed by atoms with E-state index in [2.05, 4.69) is 26.8 Å². The molecule has 0 aliphatic carbocycles. The summed E-state index contributed by atoms with van der Waals surface area (Å²) in [5.74, 6) is -0.320. The summed E-state index contributed by atoms with van der Waals surface area (Å²) in [6.45, 7) is 0. The first kappa shape index (κ1) is 15.4. The van der Waals surface area contributed by atoms with E-state index in [1.165, 1.54) is 12.1 Å². The summed E-state index contributed by atoms with van der Waals surface area (Å²) in [4.78, 5) is 12.0. The summed E-state index contributed by atoms with van der Waals surface area (Å²) in [6, 6.07) is 10.1. The van der Waals surface area contributed by atoms with E-state index < -0.39 is 0 Å². The fourth-order valence-corrected chi connectivity index (χ4v) is 2.87. The standard InChI is InChI=1S/C13H8BrCl3N2O/c14-9-4-2-1-3-8(9)13(20)19-18-12-10(16)5-7(15)6-11(12)17/h1-6,18H,(H,19,20). The largest absolute Gasteiger partial charge is 0.295 e. The normalized spacial score (nSPS) is 10.2. The van der Waals surface area contributed by atoms with Crippen molar-refractivity contribution in [3.63, 3.8) is 0 Å². The smallest absolute Gasteiger partial charge is 0.270 e. The van der Waals surface area contributed by atoms with Gasteiger partial charge in [0, 0.05) is 9.50 Å². The third-order valence-electron chi connectivity index (χ3n) is 2.43. The zero-order valence-corrected chi connectivity index (χ0v) is 13.7. The van der Waals surface area contributed by atoms with Crippen LogP contribution in [0.5, 0.6) is 0 Å². The summed E-state index contributed by atoms with van der Waals surface area (Å²) in [5.41, 5.74) is 6.09. The highest BCUT2D eigenvalue weighted by Crippen LogP contribution is 2.33. The molecule has 0 atom stereocenters. The topological polar surface area (TPSA) is 41.1 Å². The lowest BCUT2D eigenvalue weighted by Crippen LogP contribution is -2.29.